The van der Waals surface area contributed by atoms with Crippen LogP contribution in [-0.4, -0.2) is 49.2 Å². The second-order valence-corrected chi connectivity index (χ2v) is 4.01. The van der Waals surface area contributed by atoms with E-state index in [1.165, 1.54) is 0 Å². The second kappa shape index (κ2) is 4.51. The summed E-state index contributed by atoms with van der Waals surface area (Å²) in [5.74, 6) is -2.78. The van der Waals surface area contributed by atoms with Crippen molar-refractivity contribution in [2.75, 3.05) is 26.2 Å². The zero-order chi connectivity index (χ0) is 10.8. The molecule has 0 aromatic heterocycles. The van der Waals surface area contributed by atoms with Crippen LogP contribution < -0.4 is 5.73 Å². The Balaban J connectivity index is 2.44. The van der Waals surface area contributed by atoms with Gasteiger partial charge in [-0.1, -0.05) is 0 Å². The summed E-state index contributed by atoms with van der Waals surface area (Å²) < 4.78 is 31.4. The Hall–Kier alpha value is -0.260. The van der Waals surface area contributed by atoms with E-state index in [1.807, 2.05) is 13.8 Å². The van der Waals surface area contributed by atoms with E-state index in [9.17, 15) is 8.78 Å². The Morgan fingerprint density at radius 1 is 1.36 bits per heavy atom. The second-order valence-electron chi connectivity index (χ2n) is 4.01. The zero-order valence-electron chi connectivity index (χ0n) is 8.67. The predicted octanol–water partition coefficient (Wildman–Crippen LogP) is 0.690. The van der Waals surface area contributed by atoms with Crippen LogP contribution in [0.4, 0.5) is 8.78 Å². The van der Waals surface area contributed by atoms with E-state index in [0.717, 1.165) is 0 Å². The van der Waals surface area contributed by atoms with Gasteiger partial charge >= 0.3 is 0 Å². The van der Waals surface area contributed by atoms with E-state index in [0.29, 0.717) is 13.1 Å². The summed E-state index contributed by atoms with van der Waals surface area (Å²) in [6.07, 6.45) is 0.0413. The van der Waals surface area contributed by atoms with Crippen LogP contribution in [-0.2, 0) is 4.74 Å². The highest BCUT2D eigenvalue weighted by Crippen LogP contribution is 2.17. The normalized spacial score (nSPS) is 30.6. The van der Waals surface area contributed by atoms with Gasteiger partial charge in [-0.2, -0.15) is 0 Å². The van der Waals surface area contributed by atoms with Crippen molar-refractivity contribution in [3.05, 3.63) is 0 Å². The van der Waals surface area contributed by atoms with Gasteiger partial charge in [0.2, 0.25) is 0 Å². The van der Waals surface area contributed by atoms with Gasteiger partial charge in [0.1, 0.15) is 0 Å². The van der Waals surface area contributed by atoms with Crippen LogP contribution in [0.15, 0.2) is 0 Å². The average molecular weight is 208 g/mol. The average Bonchev–Trinajstić information content (AvgIpc) is 2.01. The summed E-state index contributed by atoms with van der Waals surface area (Å²) >= 11 is 0. The fourth-order valence-corrected chi connectivity index (χ4v) is 1.81. The molecule has 1 heterocycles. The van der Waals surface area contributed by atoms with Crippen molar-refractivity contribution in [1.82, 2.24) is 4.90 Å². The Bertz CT molecular complexity index is 180. The number of halogens is 2. The molecule has 0 aromatic carbocycles. The molecule has 2 atom stereocenters. The Morgan fingerprint density at radius 2 is 1.86 bits per heavy atom. The molecular formula is C9H18F2N2O. The monoisotopic (exact) mass is 208 g/mol. The number of nitrogens with two attached hydrogens (primary N) is 1. The molecule has 1 fully saturated rings. The molecule has 1 rings (SSSR count). The van der Waals surface area contributed by atoms with Crippen LogP contribution in [0.25, 0.3) is 0 Å². The molecular weight excluding hydrogens is 190 g/mol. The fourth-order valence-electron chi connectivity index (χ4n) is 1.81. The van der Waals surface area contributed by atoms with Gasteiger partial charge in [0.15, 0.2) is 0 Å². The molecule has 14 heavy (non-hydrogen) atoms. The van der Waals surface area contributed by atoms with E-state index < -0.39 is 12.5 Å². The lowest BCUT2D eigenvalue weighted by Crippen LogP contribution is -2.51. The first-order valence-corrected chi connectivity index (χ1v) is 4.88. The predicted molar refractivity (Wildman–Crippen MR) is 50.5 cm³/mol. The van der Waals surface area contributed by atoms with Crippen molar-refractivity contribution in [3.8, 4) is 0 Å². The number of alkyl halides is 2. The van der Waals surface area contributed by atoms with Crippen molar-refractivity contribution >= 4 is 0 Å². The minimum atomic E-state index is -2.78. The van der Waals surface area contributed by atoms with Gasteiger partial charge in [0.05, 0.1) is 25.3 Å². The summed E-state index contributed by atoms with van der Waals surface area (Å²) in [5, 5.41) is 0. The number of nitrogens with zero attached hydrogens (tertiary/aromatic N) is 1. The molecule has 0 bridgehead atoms. The van der Waals surface area contributed by atoms with E-state index in [2.05, 4.69) is 0 Å². The molecule has 1 saturated heterocycles. The highest BCUT2D eigenvalue weighted by Gasteiger charge is 2.33. The van der Waals surface area contributed by atoms with Gasteiger partial charge in [0.25, 0.3) is 5.92 Å². The molecule has 0 spiro atoms. The number of hydrogen-bond donors (Lipinski definition) is 1. The Labute approximate surface area is 83.2 Å². The summed E-state index contributed by atoms with van der Waals surface area (Å²) in [7, 11) is 0. The lowest BCUT2D eigenvalue weighted by Gasteiger charge is -2.36. The van der Waals surface area contributed by atoms with Crippen LogP contribution in [0.2, 0.25) is 0 Å². The quantitative estimate of drug-likeness (QED) is 0.741. The fraction of sp³-hybridized carbons (Fsp3) is 1.00. The summed E-state index contributed by atoms with van der Waals surface area (Å²) in [6.45, 7) is 4.04. The van der Waals surface area contributed by atoms with Gasteiger partial charge in [-0.3, -0.25) is 4.90 Å². The topological polar surface area (TPSA) is 38.5 Å². The first-order valence-electron chi connectivity index (χ1n) is 4.88. The minimum Gasteiger partial charge on any atom is -0.373 e. The van der Waals surface area contributed by atoms with Gasteiger partial charge in [-0.25, -0.2) is 8.78 Å². The van der Waals surface area contributed by atoms with Gasteiger partial charge in [0, 0.05) is 13.1 Å². The summed E-state index contributed by atoms with van der Waals surface area (Å²) in [5.41, 5.74) is 4.98. The number of ether oxygens (including phenoxy) is 1. The first kappa shape index (κ1) is 11.8. The first-order chi connectivity index (χ1) is 6.43. The van der Waals surface area contributed by atoms with Crippen molar-refractivity contribution in [3.63, 3.8) is 0 Å². The third kappa shape index (κ3) is 3.48. The van der Waals surface area contributed by atoms with Crippen molar-refractivity contribution < 1.29 is 13.5 Å². The van der Waals surface area contributed by atoms with Crippen LogP contribution in [0, 0.1) is 0 Å². The largest absolute Gasteiger partial charge is 0.373 e. The van der Waals surface area contributed by atoms with Crippen molar-refractivity contribution in [1.29, 1.82) is 0 Å². The highest BCUT2D eigenvalue weighted by atomic mass is 19.3. The number of morpholine rings is 1. The Morgan fingerprint density at radius 3 is 2.29 bits per heavy atom. The van der Waals surface area contributed by atoms with E-state index >= 15 is 0 Å². The van der Waals surface area contributed by atoms with Crippen molar-refractivity contribution in [2.24, 2.45) is 5.73 Å². The van der Waals surface area contributed by atoms with Crippen LogP contribution in [0.3, 0.4) is 0 Å². The standard InChI is InChI=1S/C9H18F2N2O/c1-7-3-13(4-8(2)14-7)6-9(10,11)5-12/h7-8H,3-6,12H2,1-2H3/t7-,8+. The molecule has 0 aromatic rings. The molecule has 0 unspecified atom stereocenters. The smallest absolute Gasteiger partial charge is 0.272 e. The number of hydrogen-bond acceptors (Lipinski definition) is 3. The van der Waals surface area contributed by atoms with Crippen LogP contribution in [0.5, 0.6) is 0 Å². The molecule has 1 aliphatic heterocycles. The molecule has 0 aliphatic carbocycles. The highest BCUT2D eigenvalue weighted by molar-refractivity contribution is 4.79. The molecule has 5 heteroatoms. The van der Waals surface area contributed by atoms with E-state index in [4.69, 9.17) is 10.5 Å². The maximum atomic E-state index is 13.0. The molecule has 0 radical (unpaired) electrons. The molecule has 3 nitrogen and oxygen atoms in total. The van der Waals surface area contributed by atoms with E-state index in [-0.39, 0.29) is 18.8 Å². The summed E-state index contributed by atoms with van der Waals surface area (Å²) in [4.78, 5) is 1.71. The van der Waals surface area contributed by atoms with Gasteiger partial charge < -0.3 is 10.5 Å². The van der Waals surface area contributed by atoms with Gasteiger partial charge in [-0.15, -0.1) is 0 Å². The Kier molecular flexibility index (Phi) is 3.80. The number of rotatable bonds is 3. The molecule has 2 N–H and O–H groups in total. The molecule has 84 valence electrons. The van der Waals surface area contributed by atoms with Crippen molar-refractivity contribution in [2.45, 2.75) is 32.0 Å². The molecule has 1 aliphatic rings. The van der Waals surface area contributed by atoms with E-state index in [1.54, 1.807) is 4.90 Å². The lowest BCUT2D eigenvalue weighted by atomic mass is 10.2. The lowest BCUT2D eigenvalue weighted by molar-refractivity contribution is -0.0998. The molecule has 0 saturated carbocycles. The minimum absolute atomic E-state index is 0.0207. The zero-order valence-corrected chi connectivity index (χ0v) is 8.67. The maximum Gasteiger partial charge on any atom is 0.272 e. The maximum absolute atomic E-state index is 13.0. The summed E-state index contributed by atoms with van der Waals surface area (Å²) in [6, 6.07) is 0. The SMILES string of the molecule is C[C@@H]1CN(CC(F)(F)CN)C[C@H](C)O1. The van der Waals surface area contributed by atoms with Gasteiger partial charge in [-0.05, 0) is 13.8 Å². The third-order valence-corrected chi connectivity index (χ3v) is 2.25. The van der Waals surface area contributed by atoms with Crippen LogP contribution >= 0.6 is 0 Å². The molecule has 0 amide bonds. The van der Waals surface area contributed by atoms with Crippen LogP contribution in [0.1, 0.15) is 13.8 Å². The third-order valence-electron chi connectivity index (χ3n) is 2.25.